The van der Waals surface area contributed by atoms with Crippen molar-refractivity contribution in [2.24, 2.45) is 0 Å². The van der Waals surface area contributed by atoms with Gasteiger partial charge in [0.1, 0.15) is 17.5 Å². The van der Waals surface area contributed by atoms with Crippen molar-refractivity contribution in [2.45, 2.75) is 32.6 Å². The predicted molar refractivity (Wildman–Crippen MR) is 125 cm³/mol. The first-order valence-electron chi connectivity index (χ1n) is 11.0. The van der Waals surface area contributed by atoms with E-state index in [2.05, 4.69) is 18.8 Å². The maximum absolute atomic E-state index is 14.7. The molecule has 0 nitrogen and oxygen atoms in total. The summed E-state index contributed by atoms with van der Waals surface area (Å²) in [5.41, 5.74) is 0.917. The average molecular weight is 464 g/mol. The molecule has 0 heterocycles. The van der Waals surface area contributed by atoms with Gasteiger partial charge in [-0.1, -0.05) is 49.8 Å². The van der Waals surface area contributed by atoms with Crippen molar-refractivity contribution in [3.8, 4) is 23.0 Å². The lowest BCUT2D eigenvalue weighted by molar-refractivity contribution is 0.517. The number of unbranched alkanes of at least 4 members (excludes halogenated alkanes) is 2. The van der Waals surface area contributed by atoms with Gasteiger partial charge in [-0.25, -0.2) is 22.0 Å². The van der Waals surface area contributed by atoms with Crippen LogP contribution >= 0.6 is 0 Å². The molecule has 0 atom stereocenters. The van der Waals surface area contributed by atoms with Crippen LogP contribution in [0.15, 0.2) is 60.7 Å². The smallest absolute Gasteiger partial charge is 0.166 e. The maximum Gasteiger partial charge on any atom is 0.166 e. The van der Waals surface area contributed by atoms with Crippen LogP contribution in [-0.4, -0.2) is 0 Å². The van der Waals surface area contributed by atoms with Crippen LogP contribution in [-0.2, 0) is 6.42 Å². The first-order chi connectivity index (χ1) is 16.4. The molecule has 0 aliphatic heterocycles. The zero-order valence-corrected chi connectivity index (χ0v) is 18.5. The summed E-state index contributed by atoms with van der Waals surface area (Å²) < 4.78 is 71.2. The molecule has 172 valence electrons. The van der Waals surface area contributed by atoms with E-state index in [1.165, 1.54) is 42.5 Å². The maximum atomic E-state index is 14.7. The van der Waals surface area contributed by atoms with E-state index < -0.39 is 29.1 Å². The molecule has 0 amide bonds. The molecule has 0 bridgehead atoms. The summed E-state index contributed by atoms with van der Waals surface area (Å²) in [5.74, 6) is 1.42. The fourth-order valence-electron chi connectivity index (χ4n) is 3.88. The van der Waals surface area contributed by atoms with Gasteiger partial charge in [0.25, 0.3) is 0 Å². The molecule has 5 heteroatoms. The van der Waals surface area contributed by atoms with Gasteiger partial charge in [-0.2, -0.15) is 0 Å². The van der Waals surface area contributed by atoms with Gasteiger partial charge in [-0.3, -0.25) is 0 Å². The largest absolute Gasteiger partial charge is 0.206 e. The second kappa shape index (κ2) is 10.1. The summed E-state index contributed by atoms with van der Waals surface area (Å²) in [4.78, 5) is 0. The lowest BCUT2D eigenvalue weighted by Gasteiger charge is -2.09. The van der Waals surface area contributed by atoms with Crippen molar-refractivity contribution >= 4 is 10.8 Å². The van der Waals surface area contributed by atoms with Crippen LogP contribution in [0.3, 0.4) is 0 Å². The van der Waals surface area contributed by atoms with Crippen molar-refractivity contribution in [2.75, 3.05) is 0 Å². The van der Waals surface area contributed by atoms with Crippen LogP contribution in [0.4, 0.5) is 22.0 Å². The Morgan fingerprint density at radius 3 is 2.15 bits per heavy atom. The van der Waals surface area contributed by atoms with Crippen LogP contribution in [0.5, 0.6) is 0 Å². The third-order valence-corrected chi connectivity index (χ3v) is 5.68. The van der Waals surface area contributed by atoms with E-state index in [0.29, 0.717) is 22.9 Å². The third-order valence-electron chi connectivity index (χ3n) is 5.68. The predicted octanol–water partition coefficient (Wildman–Crippen LogP) is 8.33. The van der Waals surface area contributed by atoms with Crippen molar-refractivity contribution in [1.29, 1.82) is 0 Å². The standard InChI is InChI=1S/C29H21F5/c1-2-3-4-5-19-15-26(32)28(27(33)16-19)22-10-9-20(25(31)17-22)8-6-18-7-12-23-21(14-18)11-13-24(30)29(23)34/h7,9-17H,2-5H2,1H3. The van der Waals surface area contributed by atoms with Gasteiger partial charge in [0.15, 0.2) is 11.6 Å². The molecule has 0 saturated heterocycles. The van der Waals surface area contributed by atoms with Crippen LogP contribution in [0.1, 0.15) is 42.9 Å². The molecule has 0 unspecified atom stereocenters. The van der Waals surface area contributed by atoms with E-state index in [4.69, 9.17) is 0 Å². The van der Waals surface area contributed by atoms with Crippen LogP contribution < -0.4 is 0 Å². The Balaban J connectivity index is 1.60. The molecule has 0 spiro atoms. The van der Waals surface area contributed by atoms with Crippen molar-refractivity contribution in [3.05, 3.63) is 106 Å². The second-order valence-electron chi connectivity index (χ2n) is 8.13. The van der Waals surface area contributed by atoms with Gasteiger partial charge in [-0.15, -0.1) is 0 Å². The van der Waals surface area contributed by atoms with Gasteiger partial charge < -0.3 is 0 Å². The highest BCUT2D eigenvalue weighted by atomic mass is 19.2. The third kappa shape index (κ3) is 4.97. The highest BCUT2D eigenvalue weighted by Gasteiger charge is 2.15. The van der Waals surface area contributed by atoms with E-state index in [-0.39, 0.29) is 22.1 Å². The Kier molecular flexibility index (Phi) is 6.98. The van der Waals surface area contributed by atoms with Crippen molar-refractivity contribution in [1.82, 2.24) is 0 Å². The molecule has 0 aromatic heterocycles. The number of aryl methyl sites for hydroxylation is 1. The lowest BCUT2D eigenvalue weighted by Crippen LogP contribution is -1.96. The lowest BCUT2D eigenvalue weighted by atomic mass is 9.98. The molecule has 0 N–H and O–H groups in total. The SMILES string of the molecule is CCCCCc1cc(F)c(-c2ccc(C#Cc3ccc4c(F)c(F)ccc4c3)c(F)c2)c(F)c1. The summed E-state index contributed by atoms with van der Waals surface area (Å²) >= 11 is 0. The summed E-state index contributed by atoms with van der Waals surface area (Å²) in [7, 11) is 0. The Hall–Kier alpha value is -3.65. The summed E-state index contributed by atoms with van der Waals surface area (Å²) in [6.45, 7) is 2.05. The molecule has 4 rings (SSSR count). The normalized spacial score (nSPS) is 10.9. The molecule has 4 aromatic carbocycles. The van der Waals surface area contributed by atoms with Gasteiger partial charge in [0.2, 0.25) is 0 Å². The first kappa shape index (κ1) is 23.5. The van der Waals surface area contributed by atoms with Crippen LogP contribution in [0, 0.1) is 40.9 Å². The molecule has 34 heavy (non-hydrogen) atoms. The fourth-order valence-corrected chi connectivity index (χ4v) is 3.88. The Morgan fingerprint density at radius 1 is 0.676 bits per heavy atom. The van der Waals surface area contributed by atoms with Crippen LogP contribution in [0.25, 0.3) is 21.9 Å². The summed E-state index contributed by atoms with van der Waals surface area (Å²) in [6, 6.07) is 13.4. The molecule has 4 aromatic rings. The number of fused-ring (bicyclic) bond motifs is 1. The zero-order valence-electron chi connectivity index (χ0n) is 18.5. The number of rotatable bonds is 5. The van der Waals surface area contributed by atoms with Gasteiger partial charge >= 0.3 is 0 Å². The highest BCUT2D eigenvalue weighted by Crippen LogP contribution is 2.29. The van der Waals surface area contributed by atoms with E-state index >= 15 is 0 Å². The quantitative estimate of drug-likeness (QED) is 0.158. The number of hydrogen-bond donors (Lipinski definition) is 0. The summed E-state index contributed by atoms with van der Waals surface area (Å²) in [5, 5.41) is 0.590. The average Bonchev–Trinajstić information content (AvgIpc) is 2.81. The molecule has 0 saturated carbocycles. The Morgan fingerprint density at radius 2 is 1.44 bits per heavy atom. The van der Waals surface area contributed by atoms with Crippen molar-refractivity contribution in [3.63, 3.8) is 0 Å². The first-order valence-corrected chi connectivity index (χ1v) is 11.0. The minimum Gasteiger partial charge on any atom is -0.206 e. The topological polar surface area (TPSA) is 0 Å². The summed E-state index contributed by atoms with van der Waals surface area (Å²) in [6.07, 6.45) is 3.42. The van der Waals surface area contributed by atoms with E-state index in [0.717, 1.165) is 31.4 Å². The molecular weight excluding hydrogens is 443 g/mol. The van der Waals surface area contributed by atoms with Gasteiger partial charge in [0, 0.05) is 10.9 Å². The Labute approximate surface area is 195 Å². The Bertz CT molecular complexity index is 1400. The van der Waals surface area contributed by atoms with Crippen molar-refractivity contribution < 1.29 is 22.0 Å². The molecular formula is C29H21F5. The molecule has 0 aliphatic rings. The van der Waals surface area contributed by atoms with E-state index in [1.54, 1.807) is 6.07 Å². The van der Waals surface area contributed by atoms with Gasteiger partial charge in [-0.05, 0) is 71.8 Å². The van der Waals surface area contributed by atoms with E-state index in [1.807, 2.05) is 0 Å². The fraction of sp³-hybridized carbons (Fsp3) is 0.172. The molecule has 0 aliphatic carbocycles. The second-order valence-corrected chi connectivity index (χ2v) is 8.13. The minimum atomic E-state index is -0.938. The number of hydrogen-bond acceptors (Lipinski definition) is 0. The van der Waals surface area contributed by atoms with Crippen LogP contribution in [0.2, 0.25) is 0 Å². The highest BCUT2D eigenvalue weighted by molar-refractivity contribution is 5.84. The van der Waals surface area contributed by atoms with E-state index in [9.17, 15) is 22.0 Å². The monoisotopic (exact) mass is 464 g/mol. The number of benzene rings is 4. The molecule has 0 fully saturated rings. The number of halogens is 5. The minimum absolute atomic E-state index is 0.0473. The zero-order chi connectivity index (χ0) is 24.2. The van der Waals surface area contributed by atoms with Gasteiger partial charge in [0.05, 0.1) is 11.1 Å². The molecule has 0 radical (unpaired) electrons.